The Morgan fingerprint density at radius 2 is 1.92 bits per heavy atom. The Morgan fingerprint density at radius 3 is 2.62 bits per heavy atom. The van der Waals surface area contributed by atoms with Gasteiger partial charge in [-0.3, -0.25) is 4.79 Å². The monoisotopic (exact) mass is 366 g/mol. The molecule has 1 saturated heterocycles. The molecule has 4 nitrogen and oxygen atoms in total. The van der Waals surface area contributed by atoms with Gasteiger partial charge in [0.2, 0.25) is 0 Å². The molecule has 2 fully saturated rings. The van der Waals surface area contributed by atoms with Gasteiger partial charge < -0.3 is 15.0 Å². The SMILES string of the molecule is Cc1c(C(=O)NC2CC2)sc(N2CCOCC2)c1C#Cc1ccccc1. The molecule has 1 aliphatic carbocycles. The van der Waals surface area contributed by atoms with Crippen LogP contribution in [0.5, 0.6) is 0 Å². The zero-order valence-corrected chi connectivity index (χ0v) is 15.7. The lowest BCUT2D eigenvalue weighted by Gasteiger charge is -2.27. The standard InChI is InChI=1S/C21H22N2O2S/c1-15-18(10-7-16-5-3-2-4-6-16)21(23-11-13-25-14-12-23)26-19(15)20(24)22-17-8-9-17/h2-6,17H,8-9,11-14H2,1H3,(H,22,24). The summed E-state index contributed by atoms with van der Waals surface area (Å²) in [5.41, 5.74) is 2.94. The van der Waals surface area contributed by atoms with Gasteiger partial charge >= 0.3 is 0 Å². The number of nitrogens with one attached hydrogen (secondary N) is 1. The van der Waals surface area contributed by atoms with E-state index in [2.05, 4.69) is 22.1 Å². The van der Waals surface area contributed by atoms with Crippen LogP contribution in [0.3, 0.4) is 0 Å². The number of carbonyl (C=O) groups is 1. The topological polar surface area (TPSA) is 41.6 Å². The Bertz CT molecular complexity index is 853. The minimum absolute atomic E-state index is 0.0391. The van der Waals surface area contributed by atoms with Gasteiger partial charge in [0, 0.05) is 24.7 Å². The molecule has 5 heteroatoms. The molecular weight excluding hydrogens is 344 g/mol. The number of thiophene rings is 1. The van der Waals surface area contributed by atoms with Crippen molar-refractivity contribution in [3.8, 4) is 11.8 Å². The third kappa shape index (κ3) is 3.77. The highest BCUT2D eigenvalue weighted by molar-refractivity contribution is 7.18. The van der Waals surface area contributed by atoms with Crippen molar-refractivity contribution in [2.75, 3.05) is 31.2 Å². The lowest BCUT2D eigenvalue weighted by atomic mass is 10.1. The first-order chi connectivity index (χ1) is 12.7. The summed E-state index contributed by atoms with van der Waals surface area (Å²) in [6.45, 7) is 5.11. The molecule has 0 radical (unpaired) electrons. The smallest absolute Gasteiger partial charge is 0.261 e. The summed E-state index contributed by atoms with van der Waals surface area (Å²) in [4.78, 5) is 15.7. The maximum absolute atomic E-state index is 12.6. The molecule has 1 N–H and O–H groups in total. The van der Waals surface area contributed by atoms with E-state index < -0.39 is 0 Å². The predicted molar refractivity (Wildman–Crippen MR) is 105 cm³/mol. The second-order valence-electron chi connectivity index (χ2n) is 6.70. The molecule has 26 heavy (non-hydrogen) atoms. The molecule has 1 aliphatic heterocycles. The van der Waals surface area contributed by atoms with Crippen molar-refractivity contribution in [3.05, 3.63) is 51.9 Å². The van der Waals surface area contributed by atoms with Gasteiger partial charge in [0.15, 0.2) is 0 Å². The van der Waals surface area contributed by atoms with Crippen LogP contribution in [0.2, 0.25) is 0 Å². The van der Waals surface area contributed by atoms with E-state index >= 15 is 0 Å². The van der Waals surface area contributed by atoms with Gasteiger partial charge in [0.1, 0.15) is 5.00 Å². The molecule has 0 spiro atoms. The van der Waals surface area contributed by atoms with Gasteiger partial charge in [-0.15, -0.1) is 11.3 Å². The number of hydrogen-bond donors (Lipinski definition) is 1. The molecule has 134 valence electrons. The second-order valence-corrected chi connectivity index (χ2v) is 7.70. The average Bonchev–Trinajstić information content (AvgIpc) is 3.43. The molecule has 2 aromatic rings. The van der Waals surface area contributed by atoms with Crippen molar-refractivity contribution in [1.82, 2.24) is 5.32 Å². The zero-order chi connectivity index (χ0) is 17.9. The predicted octanol–water partition coefficient (Wildman–Crippen LogP) is 3.19. The van der Waals surface area contributed by atoms with E-state index in [1.165, 1.54) is 0 Å². The number of ether oxygens (including phenoxy) is 1. The number of amides is 1. The number of morpholine rings is 1. The summed E-state index contributed by atoms with van der Waals surface area (Å²) >= 11 is 1.56. The van der Waals surface area contributed by atoms with Crippen molar-refractivity contribution < 1.29 is 9.53 Å². The zero-order valence-electron chi connectivity index (χ0n) is 14.9. The van der Waals surface area contributed by atoms with Gasteiger partial charge in [-0.2, -0.15) is 0 Å². The fourth-order valence-corrected chi connectivity index (χ4v) is 4.20. The first-order valence-corrected chi connectivity index (χ1v) is 9.88. The normalized spacial score (nSPS) is 16.7. The number of carbonyl (C=O) groups excluding carboxylic acids is 1. The van der Waals surface area contributed by atoms with Crippen molar-refractivity contribution in [3.63, 3.8) is 0 Å². The molecule has 2 aliphatic rings. The fourth-order valence-electron chi connectivity index (χ4n) is 2.99. The Morgan fingerprint density at radius 1 is 1.19 bits per heavy atom. The minimum atomic E-state index is 0.0391. The third-order valence-electron chi connectivity index (χ3n) is 4.65. The molecule has 0 bridgehead atoms. The molecule has 4 rings (SSSR count). The van der Waals surface area contributed by atoms with Gasteiger partial charge in [-0.05, 0) is 37.5 Å². The third-order valence-corrected chi connectivity index (χ3v) is 6.00. The van der Waals surface area contributed by atoms with E-state index in [1.807, 2.05) is 37.3 Å². The molecule has 1 saturated carbocycles. The van der Waals surface area contributed by atoms with Crippen LogP contribution in [0.4, 0.5) is 5.00 Å². The molecular formula is C21H22N2O2S. The number of hydrogen-bond acceptors (Lipinski definition) is 4. The first kappa shape index (κ1) is 17.1. The Balaban J connectivity index is 1.70. The van der Waals surface area contributed by atoms with Crippen LogP contribution < -0.4 is 10.2 Å². The van der Waals surface area contributed by atoms with Crippen LogP contribution in [0, 0.1) is 18.8 Å². The lowest BCUT2D eigenvalue weighted by molar-refractivity contribution is 0.0954. The summed E-state index contributed by atoms with van der Waals surface area (Å²) in [6.07, 6.45) is 2.18. The summed E-state index contributed by atoms with van der Waals surface area (Å²) in [7, 11) is 0. The number of nitrogens with zero attached hydrogens (tertiary/aromatic N) is 1. The molecule has 1 amide bonds. The molecule has 0 atom stereocenters. The van der Waals surface area contributed by atoms with Crippen LogP contribution in [0.1, 0.15) is 39.2 Å². The Hall–Kier alpha value is -2.29. The summed E-state index contributed by atoms with van der Waals surface area (Å²) < 4.78 is 5.48. The van der Waals surface area contributed by atoms with Crippen LogP contribution in [0.15, 0.2) is 30.3 Å². The van der Waals surface area contributed by atoms with Gasteiger partial charge in [0.05, 0.1) is 23.7 Å². The number of anilines is 1. The maximum atomic E-state index is 12.6. The summed E-state index contributed by atoms with van der Waals surface area (Å²) in [6, 6.07) is 10.3. The quantitative estimate of drug-likeness (QED) is 0.849. The van der Waals surface area contributed by atoms with Gasteiger partial charge in [-0.25, -0.2) is 0 Å². The highest BCUT2D eigenvalue weighted by Gasteiger charge is 2.28. The average molecular weight is 366 g/mol. The lowest BCUT2D eigenvalue weighted by Crippen LogP contribution is -2.36. The first-order valence-electron chi connectivity index (χ1n) is 9.06. The van der Waals surface area contributed by atoms with E-state index in [4.69, 9.17) is 4.74 Å². The fraction of sp³-hybridized carbons (Fsp3) is 0.381. The van der Waals surface area contributed by atoms with Crippen molar-refractivity contribution in [2.24, 2.45) is 0 Å². The molecule has 1 aromatic carbocycles. The van der Waals surface area contributed by atoms with Gasteiger partial charge in [-0.1, -0.05) is 30.0 Å². The van der Waals surface area contributed by atoms with E-state index in [1.54, 1.807) is 11.3 Å². The van der Waals surface area contributed by atoms with Crippen LogP contribution in [-0.2, 0) is 4.74 Å². The summed E-state index contributed by atoms with van der Waals surface area (Å²) in [5, 5.41) is 4.20. The van der Waals surface area contributed by atoms with E-state index in [-0.39, 0.29) is 5.91 Å². The summed E-state index contributed by atoms with van der Waals surface area (Å²) in [5.74, 6) is 6.63. The number of rotatable bonds is 3. The van der Waals surface area contributed by atoms with E-state index in [0.717, 1.165) is 52.5 Å². The molecule has 0 unspecified atom stereocenters. The van der Waals surface area contributed by atoms with Crippen LogP contribution >= 0.6 is 11.3 Å². The van der Waals surface area contributed by atoms with Crippen molar-refractivity contribution >= 4 is 22.2 Å². The Labute approximate surface area is 158 Å². The minimum Gasteiger partial charge on any atom is -0.378 e. The number of benzene rings is 1. The molecule has 2 heterocycles. The van der Waals surface area contributed by atoms with E-state index in [9.17, 15) is 4.79 Å². The van der Waals surface area contributed by atoms with E-state index in [0.29, 0.717) is 19.3 Å². The Kier molecular flexibility index (Phi) is 4.96. The highest BCUT2D eigenvalue weighted by atomic mass is 32.1. The second kappa shape index (κ2) is 7.53. The maximum Gasteiger partial charge on any atom is 0.261 e. The largest absolute Gasteiger partial charge is 0.378 e. The highest BCUT2D eigenvalue weighted by Crippen LogP contribution is 2.36. The molecule has 1 aromatic heterocycles. The van der Waals surface area contributed by atoms with Gasteiger partial charge in [0.25, 0.3) is 5.91 Å². The van der Waals surface area contributed by atoms with Crippen LogP contribution in [0.25, 0.3) is 0 Å². The van der Waals surface area contributed by atoms with Crippen molar-refractivity contribution in [1.29, 1.82) is 0 Å². The van der Waals surface area contributed by atoms with Crippen molar-refractivity contribution in [2.45, 2.75) is 25.8 Å². The van der Waals surface area contributed by atoms with Crippen LogP contribution in [-0.4, -0.2) is 38.3 Å².